The van der Waals surface area contributed by atoms with E-state index in [1.807, 2.05) is 18.2 Å². The molecule has 1 N–H and O–H groups in total. The Kier molecular flexibility index (Phi) is 6.65. The Morgan fingerprint density at radius 3 is 2.42 bits per heavy atom. The van der Waals surface area contributed by atoms with Crippen molar-refractivity contribution in [2.75, 3.05) is 19.7 Å². The third-order valence-corrected chi connectivity index (χ3v) is 5.48. The number of nitrogens with zero attached hydrogens (tertiary/aromatic N) is 2. The summed E-state index contributed by atoms with van der Waals surface area (Å²) in [5.74, 6) is 0.00586. The van der Waals surface area contributed by atoms with Gasteiger partial charge in [0.25, 0.3) is 5.91 Å². The molecular formula is C25H23F3N2O3. The van der Waals surface area contributed by atoms with Gasteiger partial charge in [0.15, 0.2) is 0 Å². The van der Waals surface area contributed by atoms with E-state index in [9.17, 15) is 18.0 Å². The summed E-state index contributed by atoms with van der Waals surface area (Å²) in [4.78, 5) is 19.0. The number of aliphatic hydroxyl groups is 1. The molecule has 1 amide bonds. The summed E-state index contributed by atoms with van der Waals surface area (Å²) < 4.78 is 45.6. The van der Waals surface area contributed by atoms with Crippen molar-refractivity contribution in [2.45, 2.75) is 25.4 Å². The van der Waals surface area contributed by atoms with Crippen LogP contribution in [-0.2, 0) is 12.6 Å². The molecule has 1 saturated heterocycles. The van der Waals surface area contributed by atoms with Crippen molar-refractivity contribution >= 4 is 5.91 Å². The van der Waals surface area contributed by atoms with Crippen LogP contribution >= 0.6 is 0 Å². The number of alkyl halides is 3. The van der Waals surface area contributed by atoms with E-state index in [-0.39, 0.29) is 17.9 Å². The molecule has 4 rings (SSSR count). The Morgan fingerprint density at radius 1 is 1.03 bits per heavy atom. The lowest BCUT2D eigenvalue weighted by Crippen LogP contribution is -2.28. The topological polar surface area (TPSA) is 62.7 Å². The molecule has 2 aromatic carbocycles. The molecule has 0 aliphatic carbocycles. The number of aliphatic hydroxyl groups excluding tert-OH is 1. The minimum absolute atomic E-state index is 0.00877. The molecule has 33 heavy (non-hydrogen) atoms. The lowest BCUT2D eigenvalue weighted by Gasteiger charge is -2.19. The van der Waals surface area contributed by atoms with E-state index in [0.29, 0.717) is 25.3 Å². The van der Waals surface area contributed by atoms with Gasteiger partial charge in [-0.15, -0.1) is 0 Å². The molecule has 0 saturated carbocycles. The maximum absolute atomic E-state index is 13.3. The molecule has 1 aliphatic rings. The van der Waals surface area contributed by atoms with Crippen LogP contribution in [0.2, 0.25) is 0 Å². The van der Waals surface area contributed by atoms with Gasteiger partial charge in [-0.25, -0.2) is 0 Å². The van der Waals surface area contributed by atoms with Crippen molar-refractivity contribution in [3.8, 4) is 22.8 Å². The summed E-state index contributed by atoms with van der Waals surface area (Å²) in [6.07, 6.45) is -2.44. The number of halogens is 3. The molecule has 8 heteroatoms. The number of likely N-dealkylation sites (tertiary alicyclic amines) is 1. The number of aromatic nitrogens is 1. The second kappa shape index (κ2) is 9.62. The van der Waals surface area contributed by atoms with Gasteiger partial charge in [0, 0.05) is 37.4 Å². The summed E-state index contributed by atoms with van der Waals surface area (Å²) in [5.41, 5.74) is 1.33. The zero-order valence-electron chi connectivity index (χ0n) is 17.8. The fourth-order valence-corrected chi connectivity index (χ4v) is 3.77. The van der Waals surface area contributed by atoms with Gasteiger partial charge in [0.2, 0.25) is 0 Å². The maximum Gasteiger partial charge on any atom is 0.416 e. The molecule has 1 aromatic heterocycles. The van der Waals surface area contributed by atoms with Gasteiger partial charge in [-0.3, -0.25) is 9.78 Å². The Balaban J connectivity index is 1.60. The van der Waals surface area contributed by atoms with Crippen LogP contribution in [0.1, 0.15) is 34.5 Å². The monoisotopic (exact) mass is 456 g/mol. The number of carbonyl (C=O) groups is 1. The first kappa shape index (κ1) is 22.8. The van der Waals surface area contributed by atoms with Gasteiger partial charge in [0.05, 0.1) is 16.8 Å². The summed E-state index contributed by atoms with van der Waals surface area (Å²) in [5, 5.41) is 9.10. The number of carbonyl (C=O) groups excluding carboxylic acids is 1. The molecule has 172 valence electrons. The molecule has 0 bridgehead atoms. The quantitative estimate of drug-likeness (QED) is 0.545. The third-order valence-electron chi connectivity index (χ3n) is 5.48. The zero-order chi connectivity index (χ0) is 23.4. The fraction of sp³-hybridized carbons (Fsp3) is 0.280. The van der Waals surface area contributed by atoms with Gasteiger partial charge < -0.3 is 14.7 Å². The molecule has 1 aliphatic heterocycles. The summed E-state index contributed by atoms with van der Waals surface area (Å²) in [6, 6.07) is 15.4. The zero-order valence-corrected chi connectivity index (χ0v) is 17.8. The van der Waals surface area contributed by atoms with E-state index in [1.165, 1.54) is 6.07 Å². The number of ether oxygens (including phenoxy) is 1. The lowest BCUT2D eigenvalue weighted by molar-refractivity contribution is -0.137. The number of hydrogen-bond donors (Lipinski definition) is 1. The number of rotatable bonds is 6. The van der Waals surface area contributed by atoms with Crippen molar-refractivity contribution in [1.29, 1.82) is 0 Å². The fourth-order valence-electron chi connectivity index (χ4n) is 3.77. The Bertz CT molecular complexity index is 1120. The predicted molar refractivity (Wildman–Crippen MR) is 117 cm³/mol. The first-order valence-corrected chi connectivity index (χ1v) is 10.7. The highest BCUT2D eigenvalue weighted by molar-refractivity contribution is 5.97. The summed E-state index contributed by atoms with van der Waals surface area (Å²) >= 11 is 0. The van der Waals surface area contributed by atoms with Crippen LogP contribution in [0.4, 0.5) is 13.2 Å². The lowest BCUT2D eigenvalue weighted by atomic mass is 10.1. The first-order valence-electron chi connectivity index (χ1n) is 10.7. The van der Waals surface area contributed by atoms with Crippen LogP contribution in [0.25, 0.3) is 11.3 Å². The minimum Gasteiger partial charge on any atom is -0.457 e. The number of pyridine rings is 1. The van der Waals surface area contributed by atoms with Gasteiger partial charge in [-0.2, -0.15) is 13.2 Å². The van der Waals surface area contributed by atoms with E-state index in [2.05, 4.69) is 4.98 Å². The normalized spacial score (nSPS) is 13.9. The molecule has 1 fully saturated rings. The van der Waals surface area contributed by atoms with Gasteiger partial charge in [-0.1, -0.05) is 6.07 Å². The highest BCUT2D eigenvalue weighted by Gasteiger charge is 2.33. The van der Waals surface area contributed by atoms with Crippen molar-refractivity contribution in [3.05, 3.63) is 77.5 Å². The van der Waals surface area contributed by atoms with Crippen molar-refractivity contribution < 1.29 is 27.8 Å². The molecule has 0 spiro atoms. The third kappa shape index (κ3) is 5.34. The van der Waals surface area contributed by atoms with E-state index in [1.54, 1.807) is 29.2 Å². The van der Waals surface area contributed by atoms with E-state index >= 15 is 0 Å². The smallest absolute Gasteiger partial charge is 0.416 e. The Morgan fingerprint density at radius 2 is 1.76 bits per heavy atom. The Labute approximate surface area is 189 Å². The minimum atomic E-state index is -4.56. The van der Waals surface area contributed by atoms with Gasteiger partial charge in [0.1, 0.15) is 11.5 Å². The molecule has 3 aromatic rings. The summed E-state index contributed by atoms with van der Waals surface area (Å²) in [7, 11) is 0. The number of benzene rings is 2. The van der Waals surface area contributed by atoms with Gasteiger partial charge in [-0.05, 0) is 67.4 Å². The molecule has 0 unspecified atom stereocenters. The predicted octanol–water partition coefficient (Wildman–Crippen LogP) is 5.33. The summed E-state index contributed by atoms with van der Waals surface area (Å²) in [6.45, 7) is 1.05. The number of hydrogen-bond acceptors (Lipinski definition) is 4. The van der Waals surface area contributed by atoms with Crippen molar-refractivity contribution in [2.24, 2.45) is 0 Å². The SMILES string of the molecule is O=C(c1cc(C(F)(F)F)ccc1Oc1ccc(-c2cccc(CCO)n2)cc1)N1CCCC1. The van der Waals surface area contributed by atoms with E-state index in [4.69, 9.17) is 9.84 Å². The average Bonchev–Trinajstić information content (AvgIpc) is 3.34. The molecular weight excluding hydrogens is 433 g/mol. The molecule has 2 heterocycles. The van der Waals surface area contributed by atoms with Crippen molar-refractivity contribution in [1.82, 2.24) is 9.88 Å². The van der Waals surface area contributed by atoms with Crippen LogP contribution in [0.15, 0.2) is 60.7 Å². The van der Waals surface area contributed by atoms with Crippen LogP contribution in [0.5, 0.6) is 11.5 Å². The standard InChI is InChI=1S/C25H23F3N2O3/c26-25(27,28)18-8-11-23(21(16-18)24(32)30-13-1-2-14-30)33-20-9-6-17(7-10-20)22-5-3-4-19(29-22)12-15-31/h3-11,16,31H,1-2,12-15H2. The largest absolute Gasteiger partial charge is 0.457 e. The number of amides is 1. The highest BCUT2D eigenvalue weighted by Crippen LogP contribution is 2.35. The van der Waals surface area contributed by atoms with Crippen LogP contribution < -0.4 is 4.74 Å². The average molecular weight is 456 g/mol. The molecule has 0 atom stereocenters. The van der Waals surface area contributed by atoms with E-state index < -0.39 is 17.6 Å². The maximum atomic E-state index is 13.3. The molecule has 0 radical (unpaired) electrons. The van der Waals surface area contributed by atoms with Crippen LogP contribution in [-0.4, -0.2) is 40.6 Å². The van der Waals surface area contributed by atoms with E-state index in [0.717, 1.165) is 41.9 Å². The highest BCUT2D eigenvalue weighted by atomic mass is 19.4. The van der Waals surface area contributed by atoms with Crippen LogP contribution in [0, 0.1) is 0 Å². The van der Waals surface area contributed by atoms with Crippen LogP contribution in [0.3, 0.4) is 0 Å². The second-order valence-electron chi connectivity index (χ2n) is 7.82. The second-order valence-corrected chi connectivity index (χ2v) is 7.82. The first-order chi connectivity index (χ1) is 15.8. The van der Waals surface area contributed by atoms with Gasteiger partial charge >= 0.3 is 6.18 Å². The van der Waals surface area contributed by atoms with Crippen molar-refractivity contribution in [3.63, 3.8) is 0 Å². The Hall–Kier alpha value is -3.39. The molecule has 5 nitrogen and oxygen atoms in total.